The van der Waals surface area contributed by atoms with Gasteiger partial charge in [0.25, 0.3) is 0 Å². The highest BCUT2D eigenvalue weighted by molar-refractivity contribution is 5.86. The van der Waals surface area contributed by atoms with Crippen molar-refractivity contribution >= 4 is 5.97 Å². The second-order valence-electron chi connectivity index (χ2n) is 4.59. The van der Waals surface area contributed by atoms with Crippen molar-refractivity contribution in [3.05, 3.63) is 11.8 Å². The highest BCUT2D eigenvalue weighted by atomic mass is 16.7. The third-order valence-corrected chi connectivity index (χ3v) is 3.32. The summed E-state index contributed by atoms with van der Waals surface area (Å²) in [6, 6.07) is 0. The van der Waals surface area contributed by atoms with Crippen LogP contribution in [0, 0.1) is 5.92 Å². The fourth-order valence-electron chi connectivity index (χ4n) is 2.44. The van der Waals surface area contributed by atoms with Gasteiger partial charge in [0.2, 0.25) is 11.5 Å². The average molecular weight is 240 g/mol. The van der Waals surface area contributed by atoms with Gasteiger partial charge >= 0.3 is 5.97 Å². The van der Waals surface area contributed by atoms with Gasteiger partial charge in [-0.25, -0.2) is 4.79 Å². The summed E-state index contributed by atoms with van der Waals surface area (Å²) >= 11 is 0. The molecular weight excluding hydrogens is 220 g/mol. The topological polar surface area (TPSA) is 44.8 Å². The first kappa shape index (κ1) is 12.4. The number of rotatable bonds is 3. The van der Waals surface area contributed by atoms with Gasteiger partial charge in [0.15, 0.2) is 0 Å². The molecule has 0 aromatic heterocycles. The van der Waals surface area contributed by atoms with Crippen molar-refractivity contribution in [2.75, 3.05) is 13.2 Å². The molecule has 2 heterocycles. The zero-order chi connectivity index (χ0) is 12.3. The summed E-state index contributed by atoms with van der Waals surface area (Å²) in [5, 5.41) is 0. The van der Waals surface area contributed by atoms with Gasteiger partial charge in [0, 0.05) is 12.8 Å². The van der Waals surface area contributed by atoms with Crippen LogP contribution in [0.15, 0.2) is 11.8 Å². The van der Waals surface area contributed by atoms with Gasteiger partial charge in [0.1, 0.15) is 0 Å². The summed E-state index contributed by atoms with van der Waals surface area (Å²) < 4.78 is 16.4. The monoisotopic (exact) mass is 240 g/mol. The molecule has 1 saturated heterocycles. The Bertz CT molecular complexity index is 315. The van der Waals surface area contributed by atoms with E-state index in [1.54, 1.807) is 6.92 Å². The summed E-state index contributed by atoms with van der Waals surface area (Å²) in [6.45, 7) is 4.98. The molecule has 17 heavy (non-hydrogen) atoms. The Morgan fingerprint density at radius 3 is 3.00 bits per heavy atom. The minimum Gasteiger partial charge on any atom is -0.460 e. The first-order chi connectivity index (χ1) is 8.19. The van der Waals surface area contributed by atoms with E-state index in [9.17, 15) is 4.79 Å². The highest BCUT2D eigenvalue weighted by Crippen LogP contribution is 2.40. The van der Waals surface area contributed by atoms with Crippen LogP contribution in [-0.4, -0.2) is 25.0 Å². The average Bonchev–Trinajstić information content (AvgIpc) is 2.76. The van der Waals surface area contributed by atoms with Gasteiger partial charge in [-0.3, -0.25) is 0 Å². The summed E-state index contributed by atoms with van der Waals surface area (Å²) in [6.07, 6.45) is 5.56. The molecule has 0 aliphatic carbocycles. The Labute approximate surface area is 102 Å². The summed E-state index contributed by atoms with van der Waals surface area (Å²) in [5.41, 5.74) is 0. The Morgan fingerprint density at radius 1 is 1.59 bits per heavy atom. The Hall–Kier alpha value is -1.03. The second-order valence-corrected chi connectivity index (χ2v) is 4.59. The lowest BCUT2D eigenvalue weighted by molar-refractivity contribution is -0.209. The van der Waals surface area contributed by atoms with E-state index >= 15 is 0 Å². The van der Waals surface area contributed by atoms with Crippen LogP contribution in [0.3, 0.4) is 0 Å². The summed E-state index contributed by atoms with van der Waals surface area (Å²) in [5.74, 6) is -0.286. The standard InChI is InChI=1S/C13H20O4/c1-3-10-8-11(12(14)15-4-2)17-13(9-10)6-5-7-16-13/h8,10H,3-7,9H2,1-2H3/t10-,13+/m0/s1. The van der Waals surface area contributed by atoms with E-state index in [4.69, 9.17) is 14.2 Å². The molecule has 0 N–H and O–H groups in total. The third-order valence-electron chi connectivity index (χ3n) is 3.32. The molecule has 2 atom stereocenters. The van der Waals surface area contributed by atoms with Crippen LogP contribution in [0.4, 0.5) is 0 Å². The van der Waals surface area contributed by atoms with Crippen LogP contribution >= 0.6 is 0 Å². The number of hydrogen-bond acceptors (Lipinski definition) is 4. The fourth-order valence-corrected chi connectivity index (χ4v) is 2.44. The van der Waals surface area contributed by atoms with Crippen molar-refractivity contribution in [2.24, 2.45) is 5.92 Å². The summed E-state index contributed by atoms with van der Waals surface area (Å²) in [4.78, 5) is 11.7. The number of allylic oxidation sites excluding steroid dienone is 1. The van der Waals surface area contributed by atoms with E-state index in [-0.39, 0.29) is 5.97 Å². The number of carbonyl (C=O) groups is 1. The van der Waals surface area contributed by atoms with Crippen LogP contribution in [0.5, 0.6) is 0 Å². The maximum Gasteiger partial charge on any atom is 0.373 e. The maximum absolute atomic E-state index is 11.7. The smallest absolute Gasteiger partial charge is 0.373 e. The molecule has 0 bridgehead atoms. The van der Waals surface area contributed by atoms with Gasteiger partial charge in [-0.15, -0.1) is 0 Å². The lowest BCUT2D eigenvalue weighted by atomic mass is 9.91. The van der Waals surface area contributed by atoms with E-state index in [0.717, 1.165) is 25.7 Å². The largest absolute Gasteiger partial charge is 0.460 e. The fraction of sp³-hybridized carbons (Fsp3) is 0.769. The Balaban J connectivity index is 2.14. The molecule has 96 valence electrons. The second kappa shape index (κ2) is 5.08. The first-order valence-electron chi connectivity index (χ1n) is 6.41. The van der Waals surface area contributed by atoms with Gasteiger partial charge in [-0.2, -0.15) is 0 Å². The molecule has 0 aromatic carbocycles. The minimum atomic E-state index is -0.572. The molecule has 2 aliphatic rings. The number of ether oxygens (including phenoxy) is 3. The predicted octanol–water partition coefficient (Wildman–Crippen LogP) is 2.39. The number of esters is 1. The Morgan fingerprint density at radius 2 is 2.41 bits per heavy atom. The third kappa shape index (κ3) is 2.63. The molecule has 1 fully saturated rings. The molecule has 4 nitrogen and oxygen atoms in total. The lowest BCUT2D eigenvalue weighted by Gasteiger charge is -2.36. The molecule has 0 saturated carbocycles. The molecular formula is C13H20O4. The van der Waals surface area contributed by atoms with Gasteiger partial charge in [0.05, 0.1) is 13.2 Å². The summed E-state index contributed by atoms with van der Waals surface area (Å²) in [7, 11) is 0. The van der Waals surface area contributed by atoms with E-state index in [0.29, 0.717) is 24.9 Å². The van der Waals surface area contributed by atoms with Crippen molar-refractivity contribution in [3.63, 3.8) is 0 Å². The SMILES string of the molecule is CCOC(=O)C1=C[C@H](CC)C[C@@]2(CCCO2)O1. The van der Waals surface area contributed by atoms with Gasteiger partial charge in [-0.05, 0) is 31.8 Å². The molecule has 1 spiro atoms. The molecule has 0 radical (unpaired) electrons. The maximum atomic E-state index is 11.7. The van der Waals surface area contributed by atoms with Crippen molar-refractivity contribution in [1.82, 2.24) is 0 Å². The minimum absolute atomic E-state index is 0.326. The number of carbonyl (C=O) groups excluding carboxylic acids is 1. The van der Waals surface area contributed by atoms with Gasteiger partial charge in [-0.1, -0.05) is 6.92 Å². The molecule has 4 heteroatoms. The van der Waals surface area contributed by atoms with Crippen LogP contribution in [-0.2, 0) is 19.0 Å². The van der Waals surface area contributed by atoms with E-state index < -0.39 is 5.79 Å². The Kier molecular flexibility index (Phi) is 3.72. The first-order valence-corrected chi connectivity index (χ1v) is 6.41. The van der Waals surface area contributed by atoms with E-state index in [2.05, 4.69) is 6.92 Å². The molecule has 2 rings (SSSR count). The van der Waals surface area contributed by atoms with Crippen LogP contribution in [0.2, 0.25) is 0 Å². The molecule has 0 unspecified atom stereocenters. The van der Waals surface area contributed by atoms with Crippen molar-refractivity contribution in [1.29, 1.82) is 0 Å². The van der Waals surface area contributed by atoms with Crippen molar-refractivity contribution < 1.29 is 19.0 Å². The van der Waals surface area contributed by atoms with E-state index in [1.165, 1.54) is 0 Å². The zero-order valence-corrected chi connectivity index (χ0v) is 10.5. The van der Waals surface area contributed by atoms with Crippen molar-refractivity contribution in [2.45, 2.75) is 45.3 Å². The molecule has 0 amide bonds. The van der Waals surface area contributed by atoms with Crippen molar-refractivity contribution in [3.8, 4) is 0 Å². The lowest BCUT2D eigenvalue weighted by Crippen LogP contribution is -2.38. The van der Waals surface area contributed by atoms with E-state index in [1.807, 2.05) is 6.08 Å². The zero-order valence-electron chi connectivity index (χ0n) is 10.5. The predicted molar refractivity (Wildman–Crippen MR) is 62.1 cm³/mol. The number of hydrogen-bond donors (Lipinski definition) is 0. The van der Waals surface area contributed by atoms with Crippen LogP contribution < -0.4 is 0 Å². The quantitative estimate of drug-likeness (QED) is 0.710. The van der Waals surface area contributed by atoms with Crippen LogP contribution in [0.25, 0.3) is 0 Å². The highest BCUT2D eigenvalue weighted by Gasteiger charge is 2.43. The molecule has 0 aromatic rings. The normalized spacial score (nSPS) is 32.1. The molecule has 2 aliphatic heterocycles. The van der Waals surface area contributed by atoms with Crippen LogP contribution in [0.1, 0.15) is 39.5 Å². The van der Waals surface area contributed by atoms with Gasteiger partial charge < -0.3 is 14.2 Å².